The van der Waals surface area contributed by atoms with E-state index >= 15 is 0 Å². The first-order chi connectivity index (χ1) is 14.5. The first-order valence-electron chi connectivity index (χ1n) is 9.67. The highest BCUT2D eigenvalue weighted by molar-refractivity contribution is 6.30. The number of esters is 1. The zero-order valence-electron chi connectivity index (χ0n) is 16.4. The maximum atomic E-state index is 12.8. The van der Waals surface area contributed by atoms with Crippen molar-refractivity contribution in [2.45, 2.75) is 25.8 Å². The molecular weight excluding hydrogens is 408 g/mol. The molecule has 0 saturated carbocycles. The fourth-order valence-corrected chi connectivity index (χ4v) is 3.66. The number of nitrogens with one attached hydrogen (secondary N) is 2. The Morgan fingerprint density at radius 2 is 1.90 bits per heavy atom. The standard InChI is InChI=1S/C22H21ClN2O5/c1-2-28-21(26)19-16(9-3-13-4-10-17-18(11-13)30-12-29-17)24-22(27)25-20(19)14-5-7-15(23)8-6-14/h4-8,10-11,20H,2-3,9,12H2,1H3,(H2,24,25,27). The van der Waals surface area contributed by atoms with Crippen molar-refractivity contribution in [2.24, 2.45) is 0 Å². The van der Waals surface area contributed by atoms with E-state index in [1.165, 1.54) is 0 Å². The lowest BCUT2D eigenvalue weighted by atomic mass is 9.93. The lowest BCUT2D eigenvalue weighted by Crippen LogP contribution is -2.46. The molecule has 0 fully saturated rings. The lowest BCUT2D eigenvalue weighted by molar-refractivity contribution is -0.139. The van der Waals surface area contributed by atoms with Crippen molar-refractivity contribution in [3.8, 4) is 11.5 Å². The van der Waals surface area contributed by atoms with Crippen molar-refractivity contribution < 1.29 is 23.8 Å². The molecule has 0 radical (unpaired) electrons. The summed E-state index contributed by atoms with van der Waals surface area (Å²) in [4.78, 5) is 25.1. The number of aryl methyl sites for hydroxylation is 1. The highest BCUT2D eigenvalue weighted by Gasteiger charge is 2.33. The molecule has 2 aromatic rings. The summed E-state index contributed by atoms with van der Waals surface area (Å²) in [6.07, 6.45) is 1.05. The highest BCUT2D eigenvalue weighted by Crippen LogP contribution is 2.34. The Bertz CT molecular complexity index is 1000. The molecule has 2 amide bonds. The third-order valence-corrected chi connectivity index (χ3v) is 5.20. The lowest BCUT2D eigenvalue weighted by Gasteiger charge is -2.29. The summed E-state index contributed by atoms with van der Waals surface area (Å²) in [5.74, 6) is 0.939. The van der Waals surface area contributed by atoms with Gasteiger partial charge in [0.05, 0.1) is 18.2 Å². The van der Waals surface area contributed by atoms with Gasteiger partial charge < -0.3 is 24.8 Å². The molecule has 0 saturated heterocycles. The monoisotopic (exact) mass is 428 g/mol. The molecule has 2 heterocycles. The maximum absolute atomic E-state index is 12.8. The Morgan fingerprint density at radius 1 is 1.13 bits per heavy atom. The Morgan fingerprint density at radius 3 is 2.67 bits per heavy atom. The summed E-state index contributed by atoms with van der Waals surface area (Å²) in [6, 6.07) is 11.7. The number of rotatable bonds is 6. The summed E-state index contributed by atoms with van der Waals surface area (Å²) in [5.41, 5.74) is 2.68. The zero-order valence-corrected chi connectivity index (χ0v) is 17.1. The summed E-state index contributed by atoms with van der Waals surface area (Å²) in [7, 11) is 0. The second-order valence-electron chi connectivity index (χ2n) is 6.88. The van der Waals surface area contributed by atoms with Gasteiger partial charge in [0.1, 0.15) is 0 Å². The summed E-state index contributed by atoms with van der Waals surface area (Å²) in [6.45, 7) is 2.19. The van der Waals surface area contributed by atoms with E-state index in [9.17, 15) is 9.59 Å². The van der Waals surface area contributed by atoms with Crippen LogP contribution >= 0.6 is 11.6 Å². The van der Waals surface area contributed by atoms with Crippen LogP contribution in [0.15, 0.2) is 53.7 Å². The molecule has 0 bridgehead atoms. The number of benzene rings is 2. The minimum atomic E-state index is -0.623. The molecule has 0 aliphatic carbocycles. The van der Waals surface area contributed by atoms with Gasteiger partial charge in [-0.15, -0.1) is 0 Å². The largest absolute Gasteiger partial charge is 0.463 e. The van der Waals surface area contributed by atoms with Gasteiger partial charge >= 0.3 is 12.0 Å². The van der Waals surface area contributed by atoms with E-state index in [1.54, 1.807) is 31.2 Å². The molecule has 4 rings (SSSR count). The van der Waals surface area contributed by atoms with Crippen LogP contribution in [0, 0.1) is 0 Å². The van der Waals surface area contributed by atoms with E-state index in [-0.39, 0.29) is 19.4 Å². The number of fused-ring (bicyclic) bond motifs is 1. The summed E-state index contributed by atoms with van der Waals surface area (Å²) in [5, 5.41) is 6.17. The second kappa shape index (κ2) is 8.67. The van der Waals surface area contributed by atoms with Crippen LogP contribution in [0.5, 0.6) is 11.5 Å². The van der Waals surface area contributed by atoms with Gasteiger partial charge in [0.25, 0.3) is 0 Å². The minimum Gasteiger partial charge on any atom is -0.463 e. The number of carbonyl (C=O) groups excluding carboxylic acids is 2. The molecule has 2 aliphatic rings. The second-order valence-corrected chi connectivity index (χ2v) is 7.32. The fraction of sp³-hybridized carbons (Fsp3) is 0.273. The molecule has 2 N–H and O–H groups in total. The molecule has 2 aromatic carbocycles. The van der Waals surface area contributed by atoms with Crippen molar-refractivity contribution >= 4 is 23.6 Å². The molecule has 7 nitrogen and oxygen atoms in total. The van der Waals surface area contributed by atoms with Gasteiger partial charge in [0, 0.05) is 10.7 Å². The van der Waals surface area contributed by atoms with Gasteiger partial charge in [-0.3, -0.25) is 0 Å². The van der Waals surface area contributed by atoms with E-state index in [4.69, 9.17) is 25.8 Å². The number of hydrogen-bond donors (Lipinski definition) is 2. The Kier molecular flexibility index (Phi) is 5.81. The van der Waals surface area contributed by atoms with Crippen molar-refractivity contribution in [1.29, 1.82) is 0 Å². The van der Waals surface area contributed by atoms with Crippen LogP contribution in [0.2, 0.25) is 5.02 Å². The fourth-order valence-electron chi connectivity index (χ4n) is 3.54. The number of urea groups is 1. The van der Waals surface area contributed by atoms with Crippen molar-refractivity contribution in [2.75, 3.05) is 13.4 Å². The average Bonchev–Trinajstić information content (AvgIpc) is 3.20. The average molecular weight is 429 g/mol. The van der Waals surface area contributed by atoms with Gasteiger partial charge in [-0.25, -0.2) is 9.59 Å². The molecule has 8 heteroatoms. The van der Waals surface area contributed by atoms with Crippen LogP contribution < -0.4 is 20.1 Å². The molecule has 0 aromatic heterocycles. The Labute approximate surface area is 179 Å². The van der Waals surface area contributed by atoms with Gasteiger partial charge in [-0.1, -0.05) is 29.8 Å². The van der Waals surface area contributed by atoms with E-state index in [2.05, 4.69) is 10.6 Å². The molecule has 2 aliphatic heterocycles. The number of allylic oxidation sites excluding steroid dienone is 1. The molecule has 1 unspecified atom stereocenters. The van der Waals surface area contributed by atoms with Crippen LogP contribution in [-0.2, 0) is 16.0 Å². The van der Waals surface area contributed by atoms with Crippen LogP contribution in [0.25, 0.3) is 0 Å². The van der Waals surface area contributed by atoms with Crippen LogP contribution in [0.3, 0.4) is 0 Å². The summed E-state index contributed by atoms with van der Waals surface area (Å²) >= 11 is 5.99. The number of halogens is 1. The van der Waals surface area contributed by atoms with Crippen LogP contribution in [-0.4, -0.2) is 25.4 Å². The normalized spacial score (nSPS) is 17.4. The number of carbonyl (C=O) groups is 2. The van der Waals surface area contributed by atoms with Crippen molar-refractivity contribution in [3.05, 3.63) is 69.9 Å². The molecule has 156 valence electrons. The van der Waals surface area contributed by atoms with Crippen LogP contribution in [0.1, 0.15) is 30.5 Å². The molecule has 1 atom stereocenters. The maximum Gasteiger partial charge on any atom is 0.338 e. The topological polar surface area (TPSA) is 85.9 Å². The quantitative estimate of drug-likeness (QED) is 0.682. The van der Waals surface area contributed by atoms with E-state index in [1.807, 2.05) is 18.2 Å². The van der Waals surface area contributed by atoms with Gasteiger partial charge in [0.15, 0.2) is 11.5 Å². The number of amides is 2. The van der Waals surface area contributed by atoms with Gasteiger partial charge in [-0.05, 0) is 55.2 Å². The van der Waals surface area contributed by atoms with Gasteiger partial charge in [0.2, 0.25) is 6.79 Å². The van der Waals surface area contributed by atoms with E-state index in [0.717, 1.165) is 11.1 Å². The molecule has 0 spiro atoms. The summed E-state index contributed by atoms with van der Waals surface area (Å²) < 4.78 is 16.1. The van der Waals surface area contributed by atoms with E-state index < -0.39 is 12.0 Å². The first-order valence-corrected chi connectivity index (χ1v) is 10.0. The zero-order chi connectivity index (χ0) is 21.1. The van der Waals surface area contributed by atoms with Crippen molar-refractivity contribution in [1.82, 2.24) is 10.6 Å². The SMILES string of the molecule is CCOC(=O)C1=C(CCc2ccc3c(c2)OCO3)NC(=O)NC1c1ccc(Cl)cc1. The third kappa shape index (κ3) is 4.21. The first kappa shape index (κ1) is 20.1. The number of ether oxygens (including phenoxy) is 3. The minimum absolute atomic E-state index is 0.210. The Balaban J connectivity index is 1.64. The van der Waals surface area contributed by atoms with E-state index in [0.29, 0.717) is 40.6 Å². The van der Waals surface area contributed by atoms with Crippen molar-refractivity contribution in [3.63, 3.8) is 0 Å². The van der Waals surface area contributed by atoms with Gasteiger partial charge in [-0.2, -0.15) is 0 Å². The smallest absolute Gasteiger partial charge is 0.338 e. The molecular formula is C22H21ClN2O5. The Hall–Kier alpha value is -3.19. The third-order valence-electron chi connectivity index (χ3n) is 4.95. The molecule has 30 heavy (non-hydrogen) atoms. The number of hydrogen-bond acceptors (Lipinski definition) is 5. The predicted octanol–water partition coefficient (Wildman–Crippen LogP) is 3.87. The van der Waals surface area contributed by atoms with Crippen LogP contribution in [0.4, 0.5) is 4.79 Å². The predicted molar refractivity (Wildman–Crippen MR) is 110 cm³/mol. The highest BCUT2D eigenvalue weighted by atomic mass is 35.5.